The average molecular weight is 609 g/mol. The summed E-state index contributed by atoms with van der Waals surface area (Å²) < 4.78 is 4.74. The molecular formula is C43H36N4. The van der Waals surface area contributed by atoms with Gasteiger partial charge in [-0.3, -0.25) is 4.57 Å². The molecule has 0 spiro atoms. The summed E-state index contributed by atoms with van der Waals surface area (Å²) in [5.41, 5.74) is 14.6. The molecule has 3 heterocycles. The number of fused-ring (bicyclic) bond motifs is 8. The largest absolute Gasteiger partial charge is 0.336 e. The molecule has 0 unspecified atom stereocenters. The molecule has 0 amide bonds. The van der Waals surface area contributed by atoms with E-state index in [-0.39, 0.29) is 5.54 Å². The van der Waals surface area contributed by atoms with Crippen LogP contribution in [-0.2, 0) is 12.0 Å². The summed E-state index contributed by atoms with van der Waals surface area (Å²) in [7, 11) is 2.17. The third-order valence-electron chi connectivity index (χ3n) is 10.4. The Morgan fingerprint density at radius 3 is 2.17 bits per heavy atom. The first-order chi connectivity index (χ1) is 22.9. The van der Waals surface area contributed by atoms with Gasteiger partial charge in [-0.2, -0.15) is 0 Å². The van der Waals surface area contributed by atoms with E-state index in [1.807, 2.05) is 0 Å². The number of hydrogen-bond donors (Lipinski definition) is 0. The van der Waals surface area contributed by atoms with Crippen molar-refractivity contribution in [2.24, 2.45) is 0 Å². The Balaban J connectivity index is 1.26. The van der Waals surface area contributed by atoms with E-state index in [0.29, 0.717) is 0 Å². The topological polar surface area (TPSA) is 26.0 Å². The maximum Gasteiger partial charge on any atom is 0.211 e. The fourth-order valence-electron chi connectivity index (χ4n) is 7.69. The Hall–Kier alpha value is -5.61. The van der Waals surface area contributed by atoms with Crippen molar-refractivity contribution in [2.45, 2.75) is 32.7 Å². The average Bonchev–Trinajstić information content (AvgIpc) is 3.64. The van der Waals surface area contributed by atoms with Crippen molar-refractivity contribution in [1.29, 1.82) is 0 Å². The number of para-hydroxylation sites is 4. The summed E-state index contributed by atoms with van der Waals surface area (Å²) in [5.74, 6) is 0.985. The van der Waals surface area contributed by atoms with Crippen LogP contribution in [0.5, 0.6) is 0 Å². The van der Waals surface area contributed by atoms with Crippen LogP contribution >= 0.6 is 0 Å². The molecule has 1 aliphatic rings. The van der Waals surface area contributed by atoms with Gasteiger partial charge < -0.3 is 9.47 Å². The molecule has 4 heteroatoms. The molecule has 0 N–H and O–H groups in total. The second-order valence-corrected chi connectivity index (χ2v) is 13.4. The fourth-order valence-corrected chi connectivity index (χ4v) is 7.69. The summed E-state index contributed by atoms with van der Waals surface area (Å²) in [6.07, 6.45) is 0.828. The lowest BCUT2D eigenvalue weighted by molar-refractivity contribution is 0.486. The van der Waals surface area contributed by atoms with E-state index in [4.69, 9.17) is 4.98 Å². The maximum absolute atomic E-state index is 5.04. The Kier molecular flexibility index (Phi) is 6.01. The number of rotatable bonds is 4. The minimum atomic E-state index is -0.228. The highest BCUT2D eigenvalue weighted by atomic mass is 15.4. The smallest absolute Gasteiger partial charge is 0.211 e. The van der Waals surface area contributed by atoms with Crippen molar-refractivity contribution in [1.82, 2.24) is 14.1 Å². The van der Waals surface area contributed by atoms with E-state index in [9.17, 15) is 0 Å². The van der Waals surface area contributed by atoms with Gasteiger partial charge in [0, 0.05) is 29.1 Å². The van der Waals surface area contributed by atoms with Crippen molar-refractivity contribution in [3.05, 3.63) is 156 Å². The Morgan fingerprint density at radius 1 is 0.617 bits per heavy atom. The Morgan fingerprint density at radius 2 is 1.34 bits per heavy atom. The molecule has 0 saturated carbocycles. The molecule has 47 heavy (non-hydrogen) atoms. The molecule has 2 aromatic heterocycles. The SMILES string of the molecule is Cc1ccccc1-c1cc2c(cc1Cc1ccc3c(c1)C(C)(C)N(C)c1nc4ccccc4n1-3)c1ccccc1n2-c1ccccc1. The highest BCUT2D eigenvalue weighted by Crippen LogP contribution is 2.44. The molecule has 228 valence electrons. The first kappa shape index (κ1) is 27.7. The van der Waals surface area contributed by atoms with Crippen molar-refractivity contribution in [3.8, 4) is 22.5 Å². The van der Waals surface area contributed by atoms with E-state index in [1.165, 1.54) is 66.6 Å². The van der Waals surface area contributed by atoms with E-state index in [1.54, 1.807) is 0 Å². The standard InChI is InChI=1S/C43H36N4/c1-28-14-8-9-17-32(28)34-27-41-35(33-18-10-12-20-38(33)46(41)31-15-6-5-7-16-31)26-30(34)24-29-22-23-39-36(25-29)43(2,3)45(4)42-44-37-19-11-13-21-40(37)47(39)42/h5-23,25-27H,24H2,1-4H3. The zero-order valence-corrected chi connectivity index (χ0v) is 27.2. The molecule has 0 radical (unpaired) electrons. The molecule has 0 fully saturated rings. The highest BCUT2D eigenvalue weighted by molar-refractivity contribution is 6.10. The van der Waals surface area contributed by atoms with Crippen molar-refractivity contribution in [2.75, 3.05) is 11.9 Å². The van der Waals surface area contributed by atoms with Gasteiger partial charge in [-0.15, -0.1) is 0 Å². The van der Waals surface area contributed by atoms with Gasteiger partial charge in [0.2, 0.25) is 5.95 Å². The lowest BCUT2D eigenvalue weighted by Gasteiger charge is -2.42. The molecule has 0 atom stereocenters. The molecule has 4 nitrogen and oxygen atoms in total. The lowest BCUT2D eigenvalue weighted by atomic mass is 9.86. The number of anilines is 1. The van der Waals surface area contributed by atoms with Crippen LogP contribution < -0.4 is 4.90 Å². The summed E-state index contributed by atoms with van der Waals surface area (Å²) >= 11 is 0. The molecule has 0 bridgehead atoms. The van der Waals surface area contributed by atoms with Crippen molar-refractivity contribution in [3.63, 3.8) is 0 Å². The van der Waals surface area contributed by atoms with E-state index in [2.05, 4.69) is 175 Å². The van der Waals surface area contributed by atoms with Crippen LogP contribution in [0.2, 0.25) is 0 Å². The number of imidazole rings is 1. The monoisotopic (exact) mass is 608 g/mol. The maximum atomic E-state index is 5.04. The number of aryl methyl sites for hydroxylation is 1. The summed E-state index contributed by atoms with van der Waals surface area (Å²) in [6, 6.07) is 48.7. The molecule has 6 aromatic carbocycles. The van der Waals surface area contributed by atoms with Gasteiger partial charge in [0.1, 0.15) is 0 Å². The second-order valence-electron chi connectivity index (χ2n) is 13.4. The quantitative estimate of drug-likeness (QED) is 0.199. The third-order valence-corrected chi connectivity index (χ3v) is 10.4. The Bertz CT molecular complexity index is 2500. The minimum Gasteiger partial charge on any atom is -0.336 e. The third kappa shape index (κ3) is 4.11. The van der Waals surface area contributed by atoms with Crippen LogP contribution in [0.1, 0.15) is 36.1 Å². The molecule has 9 rings (SSSR count). The first-order valence-corrected chi connectivity index (χ1v) is 16.4. The Labute approximate surface area is 275 Å². The molecule has 0 saturated heterocycles. The van der Waals surface area contributed by atoms with Crippen molar-refractivity contribution < 1.29 is 0 Å². The van der Waals surface area contributed by atoms with Gasteiger partial charge >= 0.3 is 0 Å². The van der Waals surface area contributed by atoms with Crippen LogP contribution in [0.4, 0.5) is 5.95 Å². The number of benzene rings is 6. The lowest BCUT2D eigenvalue weighted by Crippen LogP contribution is -2.44. The second kappa shape index (κ2) is 10.2. The van der Waals surface area contributed by atoms with Crippen molar-refractivity contribution >= 4 is 38.8 Å². The number of aromatic nitrogens is 3. The molecule has 0 aliphatic carbocycles. The molecule has 8 aromatic rings. The number of nitrogens with zero attached hydrogens (tertiary/aromatic N) is 4. The minimum absolute atomic E-state index is 0.228. The summed E-state index contributed by atoms with van der Waals surface area (Å²) in [6.45, 7) is 6.84. The molecular weight excluding hydrogens is 573 g/mol. The van der Waals surface area contributed by atoms with Gasteiger partial charge in [0.05, 0.1) is 33.3 Å². The van der Waals surface area contributed by atoms with Gasteiger partial charge in [0.25, 0.3) is 0 Å². The zero-order valence-electron chi connectivity index (χ0n) is 27.2. The van der Waals surface area contributed by atoms with Gasteiger partial charge in [0.15, 0.2) is 0 Å². The van der Waals surface area contributed by atoms with Crippen LogP contribution in [0.25, 0.3) is 55.3 Å². The van der Waals surface area contributed by atoms with E-state index < -0.39 is 0 Å². The number of hydrogen-bond acceptors (Lipinski definition) is 2. The summed E-state index contributed by atoms with van der Waals surface area (Å²) in [4.78, 5) is 7.36. The van der Waals surface area contributed by atoms with E-state index >= 15 is 0 Å². The zero-order chi connectivity index (χ0) is 31.9. The van der Waals surface area contributed by atoms with Crippen LogP contribution in [0, 0.1) is 6.92 Å². The highest BCUT2D eigenvalue weighted by Gasteiger charge is 2.37. The van der Waals surface area contributed by atoms with Crippen LogP contribution in [0.15, 0.2) is 133 Å². The van der Waals surface area contributed by atoms with Gasteiger partial charge in [-0.25, -0.2) is 4.98 Å². The van der Waals surface area contributed by atoms with Crippen LogP contribution in [-0.4, -0.2) is 21.2 Å². The van der Waals surface area contributed by atoms with Crippen LogP contribution in [0.3, 0.4) is 0 Å². The van der Waals surface area contributed by atoms with E-state index in [0.717, 1.165) is 23.4 Å². The van der Waals surface area contributed by atoms with Gasteiger partial charge in [-0.1, -0.05) is 84.9 Å². The summed E-state index contributed by atoms with van der Waals surface area (Å²) in [5, 5.41) is 2.56. The normalized spacial score (nSPS) is 13.7. The van der Waals surface area contributed by atoms with Gasteiger partial charge in [-0.05, 0) is 104 Å². The molecule has 1 aliphatic heterocycles. The fraction of sp³-hybridized carbons (Fsp3) is 0.140. The predicted octanol–water partition coefficient (Wildman–Crippen LogP) is 10.4. The first-order valence-electron chi connectivity index (χ1n) is 16.4. The predicted molar refractivity (Wildman–Crippen MR) is 196 cm³/mol.